The van der Waals surface area contributed by atoms with Gasteiger partial charge in [0, 0.05) is 18.2 Å². The Kier molecular flexibility index (Phi) is 3.33. The quantitative estimate of drug-likeness (QED) is 0.882. The molecule has 1 aliphatic rings. The van der Waals surface area contributed by atoms with Crippen molar-refractivity contribution in [2.75, 3.05) is 0 Å². The summed E-state index contributed by atoms with van der Waals surface area (Å²) in [4.78, 5) is 0. The molecule has 3 rings (SSSR count). The summed E-state index contributed by atoms with van der Waals surface area (Å²) < 4.78 is 0. The summed E-state index contributed by atoms with van der Waals surface area (Å²) in [6, 6.07) is 6.26. The Morgan fingerprint density at radius 2 is 2.16 bits per heavy atom. The molecule has 2 nitrogen and oxygen atoms in total. The van der Waals surface area contributed by atoms with E-state index in [1.165, 1.54) is 16.7 Å². The van der Waals surface area contributed by atoms with Gasteiger partial charge in [-0.2, -0.15) is 11.3 Å². The number of hydrogen-bond acceptors (Lipinski definition) is 3. The van der Waals surface area contributed by atoms with Crippen molar-refractivity contribution < 1.29 is 5.11 Å². The molecule has 2 aromatic rings. The molecule has 0 saturated heterocycles. The van der Waals surface area contributed by atoms with Crippen molar-refractivity contribution in [3.05, 3.63) is 51.2 Å². The molecule has 0 radical (unpaired) electrons. The van der Waals surface area contributed by atoms with Gasteiger partial charge < -0.3 is 10.4 Å². The summed E-state index contributed by atoms with van der Waals surface area (Å²) in [5, 5.41) is 18.0. The van der Waals surface area contributed by atoms with Crippen LogP contribution in [-0.2, 0) is 6.54 Å². The van der Waals surface area contributed by atoms with Crippen molar-refractivity contribution in [1.29, 1.82) is 0 Å². The minimum Gasteiger partial charge on any atom is -0.508 e. The zero-order chi connectivity index (χ0) is 13.4. The maximum atomic E-state index is 10.2. The van der Waals surface area contributed by atoms with Crippen LogP contribution in [0, 0.1) is 6.92 Å². The van der Waals surface area contributed by atoms with E-state index in [1.54, 1.807) is 11.3 Å². The van der Waals surface area contributed by atoms with Gasteiger partial charge in [0.25, 0.3) is 0 Å². The molecular formula is C16H19NOS. The molecule has 2 atom stereocenters. The van der Waals surface area contributed by atoms with Crippen LogP contribution in [-0.4, -0.2) is 5.11 Å². The summed E-state index contributed by atoms with van der Waals surface area (Å²) in [5.74, 6) is 0.954. The molecule has 2 unspecified atom stereocenters. The second-order valence-corrected chi connectivity index (χ2v) is 6.21. The van der Waals surface area contributed by atoms with Crippen LogP contribution in [0.25, 0.3) is 0 Å². The van der Waals surface area contributed by atoms with Gasteiger partial charge in [0.1, 0.15) is 5.75 Å². The molecule has 1 aromatic heterocycles. The first-order valence-corrected chi connectivity index (χ1v) is 7.68. The number of fused-ring (bicyclic) bond motifs is 1. The standard InChI is InChI=1S/C16H19NOS/c1-10-3-4-14(18)16-13(7-11(2)15(10)16)17-8-12-5-6-19-9-12/h3-6,9,11,13,17-18H,7-8H2,1-2H3. The fraction of sp³-hybridized carbons (Fsp3) is 0.375. The highest BCUT2D eigenvalue weighted by molar-refractivity contribution is 7.07. The Labute approximate surface area is 118 Å². The number of aromatic hydroxyl groups is 1. The van der Waals surface area contributed by atoms with Gasteiger partial charge in [-0.05, 0) is 58.8 Å². The Balaban J connectivity index is 1.85. The lowest BCUT2D eigenvalue weighted by atomic mass is 9.97. The molecule has 0 spiro atoms. The predicted octanol–water partition coefficient (Wildman–Crippen LogP) is 4.10. The van der Waals surface area contributed by atoms with Crippen LogP contribution in [0.15, 0.2) is 29.0 Å². The van der Waals surface area contributed by atoms with Crippen molar-refractivity contribution in [3.8, 4) is 5.75 Å². The monoisotopic (exact) mass is 273 g/mol. The lowest BCUT2D eigenvalue weighted by Gasteiger charge is -2.15. The molecule has 0 bridgehead atoms. The van der Waals surface area contributed by atoms with E-state index in [0.29, 0.717) is 11.7 Å². The third kappa shape index (κ3) is 2.28. The number of nitrogens with one attached hydrogen (secondary N) is 1. The minimum atomic E-state index is 0.268. The van der Waals surface area contributed by atoms with Crippen molar-refractivity contribution in [2.24, 2.45) is 0 Å². The smallest absolute Gasteiger partial charge is 0.120 e. The average molecular weight is 273 g/mol. The molecule has 0 saturated carbocycles. The van der Waals surface area contributed by atoms with Crippen LogP contribution in [0.4, 0.5) is 0 Å². The van der Waals surface area contributed by atoms with Crippen molar-refractivity contribution in [3.63, 3.8) is 0 Å². The van der Waals surface area contributed by atoms with E-state index >= 15 is 0 Å². The van der Waals surface area contributed by atoms with Gasteiger partial charge in [-0.15, -0.1) is 0 Å². The molecule has 0 fully saturated rings. The zero-order valence-corrected chi connectivity index (χ0v) is 12.1. The highest BCUT2D eigenvalue weighted by atomic mass is 32.1. The first-order valence-electron chi connectivity index (χ1n) is 6.73. The summed E-state index contributed by atoms with van der Waals surface area (Å²) in [7, 11) is 0. The van der Waals surface area contributed by atoms with Crippen LogP contribution in [0.2, 0.25) is 0 Å². The van der Waals surface area contributed by atoms with E-state index in [9.17, 15) is 5.11 Å². The number of rotatable bonds is 3. The zero-order valence-electron chi connectivity index (χ0n) is 11.3. The average Bonchev–Trinajstić information content (AvgIpc) is 2.99. The molecule has 1 aliphatic carbocycles. The maximum absolute atomic E-state index is 10.2. The number of benzene rings is 1. The van der Waals surface area contributed by atoms with Crippen LogP contribution < -0.4 is 5.32 Å². The van der Waals surface area contributed by atoms with E-state index in [0.717, 1.165) is 18.5 Å². The number of thiophene rings is 1. The summed E-state index contributed by atoms with van der Waals surface area (Å²) in [6.07, 6.45) is 1.07. The first-order chi connectivity index (χ1) is 9.16. The van der Waals surface area contributed by atoms with Crippen molar-refractivity contribution >= 4 is 11.3 Å². The van der Waals surface area contributed by atoms with E-state index in [1.807, 2.05) is 12.1 Å². The third-order valence-corrected chi connectivity index (χ3v) is 4.78. The maximum Gasteiger partial charge on any atom is 0.120 e. The van der Waals surface area contributed by atoms with Gasteiger partial charge >= 0.3 is 0 Å². The van der Waals surface area contributed by atoms with Crippen molar-refractivity contribution in [2.45, 2.75) is 38.8 Å². The SMILES string of the molecule is Cc1ccc(O)c2c1C(C)CC2NCc1ccsc1. The molecule has 0 amide bonds. The number of aryl methyl sites for hydroxylation is 1. The van der Waals surface area contributed by atoms with Crippen molar-refractivity contribution in [1.82, 2.24) is 5.32 Å². The van der Waals surface area contributed by atoms with E-state index < -0.39 is 0 Å². The van der Waals surface area contributed by atoms with Gasteiger partial charge in [-0.25, -0.2) is 0 Å². The van der Waals surface area contributed by atoms with Gasteiger partial charge in [0.2, 0.25) is 0 Å². The van der Waals surface area contributed by atoms with Crippen LogP contribution in [0.1, 0.15) is 47.6 Å². The summed E-state index contributed by atoms with van der Waals surface area (Å²) in [5.41, 5.74) is 5.06. The molecule has 19 heavy (non-hydrogen) atoms. The molecule has 1 aromatic carbocycles. The van der Waals surface area contributed by atoms with Gasteiger partial charge in [-0.1, -0.05) is 13.0 Å². The Morgan fingerprint density at radius 1 is 1.32 bits per heavy atom. The minimum absolute atomic E-state index is 0.268. The second-order valence-electron chi connectivity index (χ2n) is 5.43. The van der Waals surface area contributed by atoms with Gasteiger partial charge in [0.05, 0.1) is 0 Å². The lowest BCUT2D eigenvalue weighted by Crippen LogP contribution is -2.18. The summed E-state index contributed by atoms with van der Waals surface area (Å²) >= 11 is 1.72. The molecule has 3 heteroatoms. The first kappa shape index (κ1) is 12.7. The van der Waals surface area contributed by atoms with Gasteiger partial charge in [-0.3, -0.25) is 0 Å². The van der Waals surface area contributed by atoms with Crippen LogP contribution in [0.5, 0.6) is 5.75 Å². The third-order valence-electron chi connectivity index (χ3n) is 4.05. The topological polar surface area (TPSA) is 32.3 Å². The number of hydrogen-bond donors (Lipinski definition) is 2. The Bertz CT molecular complexity index is 577. The largest absolute Gasteiger partial charge is 0.508 e. The molecule has 0 aliphatic heterocycles. The lowest BCUT2D eigenvalue weighted by molar-refractivity contribution is 0.445. The Morgan fingerprint density at radius 3 is 2.89 bits per heavy atom. The normalized spacial score (nSPS) is 21.6. The second kappa shape index (κ2) is 4.99. The molecule has 2 N–H and O–H groups in total. The molecular weight excluding hydrogens is 254 g/mol. The molecule has 1 heterocycles. The van der Waals surface area contributed by atoms with E-state index in [4.69, 9.17) is 0 Å². The molecule has 100 valence electrons. The number of phenols is 1. The summed E-state index contributed by atoms with van der Waals surface area (Å²) in [6.45, 7) is 5.25. The predicted molar refractivity (Wildman–Crippen MR) is 79.8 cm³/mol. The van der Waals surface area contributed by atoms with Gasteiger partial charge in [0.15, 0.2) is 0 Å². The fourth-order valence-electron chi connectivity index (χ4n) is 3.16. The Hall–Kier alpha value is -1.32. The van der Waals surface area contributed by atoms with Crippen LogP contribution in [0.3, 0.4) is 0 Å². The fourth-order valence-corrected chi connectivity index (χ4v) is 3.83. The highest BCUT2D eigenvalue weighted by Gasteiger charge is 2.31. The van der Waals surface area contributed by atoms with E-state index in [2.05, 4.69) is 36.0 Å². The number of phenolic OH excluding ortho intramolecular Hbond substituents is 1. The van der Waals surface area contributed by atoms with Crippen LogP contribution >= 0.6 is 11.3 Å². The van der Waals surface area contributed by atoms with E-state index in [-0.39, 0.29) is 6.04 Å². The highest BCUT2D eigenvalue weighted by Crippen LogP contribution is 2.45.